The molecule has 0 unspecified atom stereocenters. The number of hydrogen-bond donors (Lipinski definition) is 1. The standard InChI is InChI=1S/C20H20N6O/c1-20(2,3)13-24-19(27)17-9-18(16-7-6-14(10-21)11-23-16)26(25-17)15-5-4-8-22-12-15/h4-9,11-12H,13H2,1-3H3,(H,24,27). The lowest BCUT2D eigenvalue weighted by molar-refractivity contribution is 0.0934. The van der Waals surface area contributed by atoms with Gasteiger partial charge < -0.3 is 5.32 Å². The van der Waals surface area contributed by atoms with Gasteiger partial charge >= 0.3 is 0 Å². The Labute approximate surface area is 157 Å². The highest BCUT2D eigenvalue weighted by atomic mass is 16.1. The number of rotatable bonds is 4. The molecule has 1 N–H and O–H groups in total. The third-order valence-corrected chi connectivity index (χ3v) is 3.77. The number of hydrogen-bond acceptors (Lipinski definition) is 5. The largest absolute Gasteiger partial charge is 0.350 e. The SMILES string of the molecule is CC(C)(C)CNC(=O)c1cc(-c2ccc(C#N)cn2)n(-c2cccnc2)n1. The van der Waals surface area contributed by atoms with E-state index in [1.54, 1.807) is 41.3 Å². The van der Waals surface area contributed by atoms with E-state index in [0.717, 1.165) is 0 Å². The van der Waals surface area contributed by atoms with E-state index in [2.05, 4.69) is 20.4 Å². The summed E-state index contributed by atoms with van der Waals surface area (Å²) in [6.07, 6.45) is 4.83. The lowest BCUT2D eigenvalue weighted by atomic mass is 9.97. The van der Waals surface area contributed by atoms with Crippen molar-refractivity contribution in [1.29, 1.82) is 5.26 Å². The first kappa shape index (κ1) is 18.3. The zero-order valence-electron chi connectivity index (χ0n) is 15.5. The van der Waals surface area contributed by atoms with E-state index in [9.17, 15) is 4.79 Å². The number of nitrogens with one attached hydrogen (secondary N) is 1. The molecule has 3 aromatic heterocycles. The molecule has 0 fully saturated rings. The van der Waals surface area contributed by atoms with E-state index in [4.69, 9.17) is 5.26 Å². The minimum atomic E-state index is -0.248. The smallest absolute Gasteiger partial charge is 0.271 e. The van der Waals surface area contributed by atoms with Crippen LogP contribution < -0.4 is 5.32 Å². The maximum Gasteiger partial charge on any atom is 0.271 e. The highest BCUT2D eigenvalue weighted by Gasteiger charge is 2.19. The molecule has 0 aliphatic rings. The molecule has 3 heterocycles. The molecule has 3 aromatic rings. The van der Waals surface area contributed by atoms with Crippen molar-refractivity contribution in [1.82, 2.24) is 25.1 Å². The number of carbonyl (C=O) groups is 1. The summed E-state index contributed by atoms with van der Waals surface area (Å²) in [7, 11) is 0. The van der Waals surface area contributed by atoms with Gasteiger partial charge in [0.2, 0.25) is 0 Å². The fourth-order valence-corrected chi connectivity index (χ4v) is 2.40. The van der Waals surface area contributed by atoms with Crippen LogP contribution in [-0.2, 0) is 0 Å². The summed E-state index contributed by atoms with van der Waals surface area (Å²) in [5.74, 6) is -0.248. The summed E-state index contributed by atoms with van der Waals surface area (Å²) < 4.78 is 1.63. The monoisotopic (exact) mass is 360 g/mol. The molecule has 0 aliphatic carbocycles. The maximum absolute atomic E-state index is 12.6. The Kier molecular flexibility index (Phi) is 4.99. The van der Waals surface area contributed by atoms with E-state index < -0.39 is 0 Å². The Balaban J connectivity index is 2.01. The molecule has 1 amide bonds. The van der Waals surface area contributed by atoms with Crippen molar-refractivity contribution in [3.05, 3.63) is 60.2 Å². The Hall–Kier alpha value is -3.53. The molecular formula is C20H20N6O. The molecule has 0 bridgehead atoms. The van der Waals surface area contributed by atoms with Crippen LogP contribution in [0.1, 0.15) is 36.8 Å². The molecule has 0 aromatic carbocycles. The van der Waals surface area contributed by atoms with Crippen molar-refractivity contribution in [3.8, 4) is 23.1 Å². The van der Waals surface area contributed by atoms with Crippen LogP contribution in [0, 0.1) is 16.7 Å². The lowest BCUT2D eigenvalue weighted by Gasteiger charge is -2.18. The van der Waals surface area contributed by atoms with Gasteiger partial charge in [0.05, 0.1) is 28.8 Å². The van der Waals surface area contributed by atoms with E-state index >= 15 is 0 Å². The summed E-state index contributed by atoms with van der Waals surface area (Å²) in [4.78, 5) is 21.0. The van der Waals surface area contributed by atoms with Crippen LogP contribution in [0.2, 0.25) is 0 Å². The Morgan fingerprint density at radius 3 is 2.67 bits per heavy atom. The molecular weight excluding hydrogens is 340 g/mol. The highest BCUT2D eigenvalue weighted by Crippen LogP contribution is 2.22. The number of aromatic nitrogens is 4. The van der Waals surface area contributed by atoms with Crippen LogP contribution in [-0.4, -0.2) is 32.2 Å². The van der Waals surface area contributed by atoms with Crippen molar-refractivity contribution >= 4 is 5.91 Å². The summed E-state index contributed by atoms with van der Waals surface area (Å²) >= 11 is 0. The van der Waals surface area contributed by atoms with Crippen molar-refractivity contribution < 1.29 is 4.79 Å². The second-order valence-corrected chi connectivity index (χ2v) is 7.33. The Morgan fingerprint density at radius 2 is 2.07 bits per heavy atom. The average molecular weight is 360 g/mol. The average Bonchev–Trinajstić information content (AvgIpc) is 3.12. The maximum atomic E-state index is 12.6. The van der Waals surface area contributed by atoms with Crippen LogP contribution in [0.3, 0.4) is 0 Å². The van der Waals surface area contributed by atoms with E-state index in [1.165, 1.54) is 6.20 Å². The summed E-state index contributed by atoms with van der Waals surface area (Å²) in [6.45, 7) is 6.69. The van der Waals surface area contributed by atoms with Gasteiger partial charge in [-0.25, -0.2) is 4.68 Å². The molecule has 7 heteroatoms. The van der Waals surface area contributed by atoms with Crippen molar-refractivity contribution in [3.63, 3.8) is 0 Å². The Bertz CT molecular complexity index is 978. The van der Waals surface area contributed by atoms with Gasteiger partial charge in [-0.1, -0.05) is 20.8 Å². The van der Waals surface area contributed by atoms with Gasteiger partial charge in [-0.05, 0) is 35.7 Å². The van der Waals surface area contributed by atoms with E-state index in [-0.39, 0.29) is 11.3 Å². The van der Waals surface area contributed by atoms with Crippen LogP contribution in [0.15, 0.2) is 48.9 Å². The lowest BCUT2D eigenvalue weighted by Crippen LogP contribution is -2.32. The van der Waals surface area contributed by atoms with Gasteiger partial charge in [-0.15, -0.1) is 0 Å². The van der Waals surface area contributed by atoms with Crippen molar-refractivity contribution in [2.24, 2.45) is 5.41 Å². The fourth-order valence-electron chi connectivity index (χ4n) is 2.40. The topological polar surface area (TPSA) is 96.5 Å². The quantitative estimate of drug-likeness (QED) is 0.771. The molecule has 0 radical (unpaired) electrons. The second kappa shape index (κ2) is 7.38. The molecule has 27 heavy (non-hydrogen) atoms. The molecule has 0 aliphatic heterocycles. The van der Waals surface area contributed by atoms with Gasteiger partial charge in [-0.2, -0.15) is 10.4 Å². The normalized spacial score (nSPS) is 11.0. The predicted molar refractivity (Wildman–Crippen MR) is 101 cm³/mol. The summed E-state index contributed by atoms with van der Waals surface area (Å²) in [5, 5.41) is 16.3. The molecule has 0 saturated heterocycles. The minimum absolute atomic E-state index is 0.0287. The number of pyridine rings is 2. The van der Waals surface area contributed by atoms with Gasteiger partial charge in [0.25, 0.3) is 5.91 Å². The van der Waals surface area contributed by atoms with Crippen molar-refractivity contribution in [2.45, 2.75) is 20.8 Å². The predicted octanol–water partition coefficient (Wildman–Crippen LogP) is 2.98. The van der Waals surface area contributed by atoms with Gasteiger partial charge in [0.1, 0.15) is 6.07 Å². The first-order chi connectivity index (χ1) is 12.9. The summed E-state index contributed by atoms with van der Waals surface area (Å²) in [6, 6.07) is 10.8. The number of carbonyl (C=O) groups excluding carboxylic acids is 1. The van der Waals surface area contributed by atoms with Crippen LogP contribution in [0.25, 0.3) is 17.1 Å². The summed E-state index contributed by atoms with van der Waals surface area (Å²) in [5.41, 5.74) is 2.71. The van der Waals surface area contributed by atoms with Crippen LogP contribution >= 0.6 is 0 Å². The highest BCUT2D eigenvalue weighted by molar-refractivity contribution is 5.93. The molecule has 3 rings (SSSR count). The van der Waals surface area contributed by atoms with Gasteiger partial charge in [0, 0.05) is 18.9 Å². The zero-order valence-corrected chi connectivity index (χ0v) is 15.5. The first-order valence-corrected chi connectivity index (χ1v) is 8.52. The van der Waals surface area contributed by atoms with E-state index in [0.29, 0.717) is 34.9 Å². The first-order valence-electron chi connectivity index (χ1n) is 8.52. The van der Waals surface area contributed by atoms with Gasteiger partial charge in [-0.3, -0.25) is 14.8 Å². The van der Waals surface area contributed by atoms with Crippen LogP contribution in [0.5, 0.6) is 0 Å². The molecule has 0 spiro atoms. The minimum Gasteiger partial charge on any atom is -0.350 e. The molecule has 0 atom stereocenters. The molecule has 136 valence electrons. The van der Waals surface area contributed by atoms with E-state index in [1.807, 2.05) is 32.9 Å². The third-order valence-electron chi connectivity index (χ3n) is 3.77. The third kappa shape index (κ3) is 4.36. The fraction of sp³-hybridized carbons (Fsp3) is 0.250. The number of nitrogens with zero attached hydrogens (tertiary/aromatic N) is 5. The number of amides is 1. The molecule has 7 nitrogen and oxygen atoms in total. The van der Waals surface area contributed by atoms with Gasteiger partial charge in [0.15, 0.2) is 5.69 Å². The Morgan fingerprint density at radius 1 is 1.26 bits per heavy atom. The second-order valence-electron chi connectivity index (χ2n) is 7.33. The zero-order chi connectivity index (χ0) is 19.4. The molecule has 0 saturated carbocycles. The number of nitriles is 1. The van der Waals surface area contributed by atoms with Crippen molar-refractivity contribution in [2.75, 3.05) is 6.54 Å². The van der Waals surface area contributed by atoms with Crippen LogP contribution in [0.4, 0.5) is 0 Å².